The Morgan fingerprint density at radius 1 is 0.963 bits per heavy atom. The monoisotopic (exact) mass is 395 g/mol. The first kappa shape index (κ1) is 22.4. The molecule has 0 radical (unpaired) electrons. The molecule has 10 unspecified atom stereocenters. The third-order valence-corrected chi connectivity index (χ3v) is 4.67. The van der Waals surface area contributed by atoms with Gasteiger partial charge in [-0.15, -0.1) is 0 Å². The van der Waals surface area contributed by atoms with Gasteiger partial charge < -0.3 is 54.9 Å². The van der Waals surface area contributed by atoms with Gasteiger partial charge in [-0.2, -0.15) is 0 Å². The topological polar surface area (TPSA) is 170 Å². The lowest BCUT2D eigenvalue weighted by Gasteiger charge is -2.47. The van der Waals surface area contributed by atoms with Crippen LogP contribution in [0.3, 0.4) is 0 Å². The highest BCUT2D eigenvalue weighted by molar-refractivity contribution is 5.00. The number of hydrogen-bond acceptors (Lipinski definition) is 11. The van der Waals surface area contributed by atoms with Gasteiger partial charge >= 0.3 is 0 Å². The van der Waals surface area contributed by atoms with Crippen LogP contribution in [0.4, 0.5) is 0 Å². The Morgan fingerprint density at radius 3 is 2.11 bits per heavy atom. The van der Waals surface area contributed by atoms with Crippen molar-refractivity contribution in [2.45, 2.75) is 68.3 Å². The minimum atomic E-state index is -1.45. The van der Waals surface area contributed by atoms with Crippen molar-refractivity contribution in [2.24, 2.45) is 0 Å². The van der Waals surface area contributed by atoms with E-state index in [1.807, 2.05) is 0 Å². The average molecular weight is 395 g/mol. The molecule has 0 spiro atoms. The second kappa shape index (κ2) is 9.56. The molecule has 0 amide bonds. The summed E-state index contributed by atoms with van der Waals surface area (Å²) in [4.78, 5) is 0. The summed E-state index contributed by atoms with van der Waals surface area (Å²) >= 11 is 0. The van der Waals surface area contributed by atoms with Crippen LogP contribution in [0.15, 0.2) is 12.3 Å². The molecule has 2 aliphatic heterocycles. The predicted octanol–water partition coefficient (Wildman–Crippen LogP) is -3.61. The third-order valence-electron chi connectivity index (χ3n) is 4.67. The van der Waals surface area contributed by atoms with Crippen molar-refractivity contribution in [3.63, 3.8) is 0 Å². The average Bonchev–Trinajstić information content (AvgIpc) is 2.62. The fourth-order valence-corrected chi connectivity index (χ4v) is 3.29. The number of hydrogen-bond donors (Lipinski definition) is 7. The van der Waals surface area contributed by atoms with E-state index in [0.29, 0.717) is 5.70 Å². The van der Waals surface area contributed by atoms with Gasteiger partial charge in [0.2, 0.25) is 0 Å². The molecule has 7 N–H and O–H groups in total. The summed E-state index contributed by atoms with van der Waals surface area (Å²) in [5.41, 5.74) is 0.458. The fraction of sp³-hybridized carbons (Fsp3) is 0.875. The molecule has 0 bridgehead atoms. The van der Waals surface area contributed by atoms with Crippen LogP contribution in [-0.4, -0.2) is 112 Å². The summed E-state index contributed by atoms with van der Waals surface area (Å²) in [6.45, 7) is 4.13. The maximum atomic E-state index is 10.6. The van der Waals surface area contributed by atoms with E-state index in [1.165, 1.54) is 7.11 Å². The highest BCUT2D eigenvalue weighted by Gasteiger charge is 2.50. The Morgan fingerprint density at radius 2 is 1.59 bits per heavy atom. The predicted molar refractivity (Wildman–Crippen MR) is 89.1 cm³/mol. The zero-order valence-corrected chi connectivity index (χ0v) is 15.2. The van der Waals surface area contributed by atoms with Crippen molar-refractivity contribution >= 4 is 0 Å². The molecule has 27 heavy (non-hydrogen) atoms. The van der Waals surface area contributed by atoms with Crippen molar-refractivity contribution in [1.82, 2.24) is 5.32 Å². The number of aliphatic hydroxyl groups is 6. The van der Waals surface area contributed by atoms with E-state index in [0.717, 1.165) is 0 Å². The summed E-state index contributed by atoms with van der Waals surface area (Å²) in [5.74, 6) is 0. The first-order valence-electron chi connectivity index (χ1n) is 8.60. The molecule has 11 nitrogen and oxygen atoms in total. The van der Waals surface area contributed by atoms with Crippen LogP contribution >= 0.6 is 0 Å². The summed E-state index contributed by atoms with van der Waals surface area (Å²) in [6, 6.07) is -1.01. The van der Waals surface area contributed by atoms with E-state index in [-0.39, 0.29) is 0 Å². The van der Waals surface area contributed by atoms with Crippen molar-refractivity contribution in [3.8, 4) is 0 Å². The van der Waals surface area contributed by atoms with Gasteiger partial charge in [-0.25, -0.2) is 0 Å². The van der Waals surface area contributed by atoms with Gasteiger partial charge in [0.15, 0.2) is 12.6 Å². The molecule has 2 aliphatic rings. The second-order valence-electron chi connectivity index (χ2n) is 6.70. The van der Waals surface area contributed by atoms with Gasteiger partial charge in [0.1, 0.15) is 48.8 Å². The van der Waals surface area contributed by atoms with Crippen LogP contribution in [0, 0.1) is 0 Å². The van der Waals surface area contributed by atoms with Crippen molar-refractivity contribution < 1.29 is 49.6 Å². The molecule has 158 valence electrons. The molecule has 10 atom stereocenters. The van der Waals surface area contributed by atoms with Crippen LogP contribution in [0.25, 0.3) is 0 Å². The summed E-state index contributed by atoms with van der Waals surface area (Å²) < 4.78 is 21.4. The summed E-state index contributed by atoms with van der Waals surface area (Å²) in [5, 5.41) is 62.7. The molecule has 0 aliphatic carbocycles. The van der Waals surface area contributed by atoms with Crippen LogP contribution in [0.1, 0.15) is 6.92 Å². The second-order valence-corrected chi connectivity index (χ2v) is 6.70. The Bertz CT molecular complexity index is 494. The largest absolute Gasteiger partial charge is 0.394 e. The van der Waals surface area contributed by atoms with Gasteiger partial charge in [0, 0.05) is 12.8 Å². The molecule has 0 aromatic rings. The SMILES string of the molecule is C=C(C)NC1C(O)OC(CO)C(OC2OC(CO)C(O)C(OC)C2O)C1O. The Balaban J connectivity index is 2.19. The maximum Gasteiger partial charge on any atom is 0.187 e. The van der Waals surface area contributed by atoms with Gasteiger partial charge in [-0.3, -0.25) is 0 Å². The lowest BCUT2D eigenvalue weighted by molar-refractivity contribution is -0.347. The zero-order valence-electron chi connectivity index (χ0n) is 15.2. The van der Waals surface area contributed by atoms with Crippen molar-refractivity contribution in [3.05, 3.63) is 12.3 Å². The molecule has 2 fully saturated rings. The zero-order chi connectivity index (χ0) is 20.3. The molecule has 2 saturated heterocycles. The molecule has 11 heteroatoms. The molecule has 0 aromatic heterocycles. The highest BCUT2D eigenvalue weighted by Crippen LogP contribution is 2.29. The van der Waals surface area contributed by atoms with Gasteiger partial charge in [-0.1, -0.05) is 6.58 Å². The van der Waals surface area contributed by atoms with Crippen LogP contribution in [0.5, 0.6) is 0 Å². The van der Waals surface area contributed by atoms with E-state index in [2.05, 4.69) is 11.9 Å². The van der Waals surface area contributed by atoms with E-state index >= 15 is 0 Å². The number of nitrogens with one attached hydrogen (secondary N) is 1. The molecular formula is C16H29NO10. The number of ether oxygens (including phenoxy) is 4. The van der Waals surface area contributed by atoms with E-state index < -0.39 is 74.6 Å². The summed E-state index contributed by atoms with van der Waals surface area (Å²) in [6.07, 6.45) is -11.5. The first-order valence-corrected chi connectivity index (χ1v) is 8.60. The lowest BCUT2D eigenvalue weighted by atomic mass is 9.95. The smallest absolute Gasteiger partial charge is 0.187 e. The lowest BCUT2D eigenvalue weighted by Crippen LogP contribution is -2.66. The molecule has 0 aromatic carbocycles. The van der Waals surface area contributed by atoms with Gasteiger partial charge in [0.05, 0.1) is 13.2 Å². The molecule has 2 rings (SSSR count). The van der Waals surface area contributed by atoms with Crippen LogP contribution in [-0.2, 0) is 18.9 Å². The number of aliphatic hydroxyl groups excluding tert-OH is 6. The third kappa shape index (κ3) is 4.77. The highest BCUT2D eigenvalue weighted by atomic mass is 16.7. The van der Waals surface area contributed by atoms with Gasteiger partial charge in [0.25, 0.3) is 0 Å². The molecule has 2 heterocycles. The van der Waals surface area contributed by atoms with E-state index in [1.54, 1.807) is 6.92 Å². The Hall–Kier alpha value is -0.860. The van der Waals surface area contributed by atoms with Crippen molar-refractivity contribution in [1.29, 1.82) is 0 Å². The first-order chi connectivity index (χ1) is 12.7. The minimum absolute atomic E-state index is 0.458. The maximum absolute atomic E-state index is 10.6. The minimum Gasteiger partial charge on any atom is -0.394 e. The van der Waals surface area contributed by atoms with Crippen LogP contribution in [0.2, 0.25) is 0 Å². The van der Waals surface area contributed by atoms with Crippen molar-refractivity contribution in [2.75, 3.05) is 20.3 Å². The normalized spacial score (nSPS) is 45.5. The number of allylic oxidation sites excluding steroid dienone is 1. The van der Waals surface area contributed by atoms with E-state index in [4.69, 9.17) is 18.9 Å². The fourth-order valence-electron chi connectivity index (χ4n) is 3.29. The Labute approximate surface area is 156 Å². The standard InChI is InChI=1S/C16H29NO10/c1-6(2)17-9-11(21)13(8(5-19)25-15(9)23)27-16-12(22)14(24-3)10(20)7(4-18)26-16/h7-23H,1,4-5H2,2-3H3. The Kier molecular flexibility index (Phi) is 7.94. The summed E-state index contributed by atoms with van der Waals surface area (Å²) in [7, 11) is 1.27. The van der Waals surface area contributed by atoms with Crippen LogP contribution < -0.4 is 5.32 Å². The quantitative estimate of drug-likeness (QED) is 0.227. The van der Waals surface area contributed by atoms with E-state index in [9.17, 15) is 30.6 Å². The molecular weight excluding hydrogens is 366 g/mol. The van der Waals surface area contributed by atoms with Gasteiger partial charge in [-0.05, 0) is 6.92 Å². The number of methoxy groups -OCH3 is 1. The molecule has 0 saturated carbocycles. The number of rotatable bonds is 7.